The molecule has 4 N–H and O–H groups in total. The maximum atomic E-state index is 12.5. The smallest absolute Gasteiger partial charge is 0.407 e. The molecule has 0 aliphatic carbocycles. The van der Waals surface area contributed by atoms with E-state index in [1.165, 1.54) is 12.8 Å². The van der Waals surface area contributed by atoms with Crippen LogP contribution in [0.3, 0.4) is 0 Å². The predicted octanol–water partition coefficient (Wildman–Crippen LogP) is 10.7. The van der Waals surface area contributed by atoms with Gasteiger partial charge in [-0.1, -0.05) is 55.0 Å². The van der Waals surface area contributed by atoms with E-state index < -0.39 is 13.7 Å². The lowest BCUT2D eigenvalue weighted by Crippen LogP contribution is -2.51. The molecule has 79 heavy (non-hydrogen) atoms. The second-order valence-corrected chi connectivity index (χ2v) is 31.2. The van der Waals surface area contributed by atoms with Crippen LogP contribution in [0.1, 0.15) is 84.2 Å². The van der Waals surface area contributed by atoms with Crippen LogP contribution >= 0.6 is 23.2 Å². The van der Waals surface area contributed by atoms with Crippen molar-refractivity contribution in [2.24, 2.45) is 5.73 Å². The van der Waals surface area contributed by atoms with Gasteiger partial charge in [-0.3, -0.25) is 9.36 Å². The number of carbonyl (C=O) groups is 1. The van der Waals surface area contributed by atoms with Crippen molar-refractivity contribution in [3.63, 3.8) is 0 Å². The predicted molar refractivity (Wildman–Crippen MR) is 311 cm³/mol. The van der Waals surface area contributed by atoms with Gasteiger partial charge in [-0.25, -0.2) is 24.7 Å². The number of amides is 1. The van der Waals surface area contributed by atoms with Crippen molar-refractivity contribution in [3.8, 4) is 22.3 Å². The normalized spacial score (nSPS) is 23.4. The molecule has 1 amide bonds. The number of nitrogens with one attached hydrogen (secondary N) is 2. The average molecular weight is 1130 g/mol. The maximum absolute atomic E-state index is 12.5. The number of piperidine rings is 2. The number of carbonyl (C=O) groups excluding carboxylic acids is 1. The number of nitrogens with zero attached hydrogens (tertiary/aromatic N) is 11. The van der Waals surface area contributed by atoms with E-state index in [-0.39, 0.29) is 30.3 Å². The zero-order valence-electron chi connectivity index (χ0n) is 45.8. The Labute approximate surface area is 469 Å². The molecule has 6 aromatic heterocycles. The quantitative estimate of drug-likeness (QED) is 0.0769. The van der Waals surface area contributed by atoms with Gasteiger partial charge in [0.05, 0.1) is 72.0 Å². The lowest BCUT2D eigenvalue weighted by atomic mass is 9.97. The Morgan fingerprint density at radius 1 is 0.734 bits per heavy atom. The fraction of sp³-hybridized carbons (Fsp3) is 0.526. The van der Waals surface area contributed by atoms with Crippen molar-refractivity contribution >= 4 is 93.1 Å². The van der Waals surface area contributed by atoms with Crippen LogP contribution in [0, 0.1) is 0 Å². The van der Waals surface area contributed by atoms with Crippen molar-refractivity contribution in [1.82, 2.24) is 54.4 Å². The van der Waals surface area contributed by atoms with Crippen LogP contribution in [0.25, 0.3) is 66.4 Å². The number of hydrogen-bond donors (Lipinski definition) is 3. The largest absolute Gasteiger partial charge is 0.444 e. The number of nitrogens with two attached hydrogens (primary N) is 1. The van der Waals surface area contributed by atoms with Crippen LogP contribution in [0.5, 0.6) is 0 Å². The lowest BCUT2D eigenvalue weighted by Gasteiger charge is -2.39. The molecule has 19 nitrogen and oxygen atoms in total. The van der Waals surface area contributed by atoms with Gasteiger partial charge < -0.3 is 49.3 Å². The molecule has 0 spiro atoms. The molecule has 0 radical (unpaired) electrons. The van der Waals surface area contributed by atoms with Crippen LogP contribution in [0.2, 0.25) is 35.7 Å². The van der Waals surface area contributed by atoms with Crippen molar-refractivity contribution in [3.05, 3.63) is 71.5 Å². The molecule has 6 fully saturated rings. The zero-order valence-corrected chi connectivity index (χ0v) is 48.3. The highest BCUT2D eigenvalue weighted by atomic mass is 35.5. The highest BCUT2D eigenvalue weighted by Crippen LogP contribution is 2.44. The van der Waals surface area contributed by atoms with Gasteiger partial charge >= 0.3 is 6.09 Å². The summed E-state index contributed by atoms with van der Waals surface area (Å²) < 4.78 is 28.4. The number of fused-ring (bicyclic) bond motifs is 8. The summed E-state index contributed by atoms with van der Waals surface area (Å²) in [6.45, 7) is 16.6. The van der Waals surface area contributed by atoms with Crippen molar-refractivity contribution < 1.29 is 23.7 Å². The minimum atomic E-state index is -1.24. The number of rotatable bonds is 12. The van der Waals surface area contributed by atoms with Crippen LogP contribution in [-0.2, 0) is 25.7 Å². The molecule has 2 aromatic carbocycles. The zero-order chi connectivity index (χ0) is 54.5. The Kier molecular flexibility index (Phi) is 13.7. The second-order valence-electron chi connectivity index (χ2n) is 24.8. The summed E-state index contributed by atoms with van der Waals surface area (Å²) in [6.07, 6.45) is 19.8. The highest BCUT2D eigenvalue weighted by molar-refractivity contribution is 6.76. The fourth-order valence-electron chi connectivity index (χ4n) is 12.7. The monoisotopic (exact) mass is 1130 g/mol. The minimum Gasteiger partial charge on any atom is -0.444 e. The van der Waals surface area contributed by atoms with Gasteiger partial charge in [0.25, 0.3) is 0 Å². The SMILES string of the molecule is CC(C)(C)OC(=O)NC1C[C@H]2CC[C@@H](C1)N2c1cnc2c(-c3ccc4nn(C5COC5)cc4c3Cl)cn(COCC[Si](C)(C)C)c2n1.NC1C[C@H]2CC[C@@H](C1)N2c1cnc2c(-c3ccc4nn(C5COC5)cc4c3Cl)c[nH]c2n1. The van der Waals surface area contributed by atoms with E-state index in [9.17, 15) is 4.79 Å². The summed E-state index contributed by atoms with van der Waals surface area (Å²) >= 11 is 14.0. The van der Waals surface area contributed by atoms with Crippen LogP contribution in [0.4, 0.5) is 16.4 Å². The summed E-state index contributed by atoms with van der Waals surface area (Å²) in [5, 5.41) is 15.7. The minimum absolute atomic E-state index is 0.0729. The summed E-state index contributed by atoms with van der Waals surface area (Å²) in [7, 11) is -1.24. The number of anilines is 2. The van der Waals surface area contributed by atoms with Gasteiger partial charge in [-0.15, -0.1) is 0 Å². The number of benzene rings is 2. The van der Waals surface area contributed by atoms with Gasteiger partial charge in [-0.05, 0) is 90.3 Å². The Morgan fingerprint density at radius 3 is 1.82 bits per heavy atom. The standard InChI is InChI=1S/C34H46ClN7O4Si.C23H24ClN7O/c1-34(2,3)46-33(43)37-21-13-22-7-8-23(14-21)42(22)29-15-36-31-26(16-40(32(31)38-29)20-44-11-12-47(4,5)6)25-9-10-28-27(30(25)35)17-41(39-28)24-18-45-19-24;24-21-16(3-4-19-18(21)9-30(29-19)15-10-32-11-15)17-7-27-23-22(17)26-8-20(28-23)31-13-1-2-14(31)6-12(25)5-13/h9-10,15-17,21-24H,7-8,11-14,18-20H2,1-6H3,(H,37,43);3-4,7-9,12-15H,1-2,5-6,10-11,25H2,(H,27,28)/t21?,22-,23+;12?,13-,14+. The highest BCUT2D eigenvalue weighted by Gasteiger charge is 2.43. The lowest BCUT2D eigenvalue weighted by molar-refractivity contribution is -0.0283. The molecule has 12 heterocycles. The van der Waals surface area contributed by atoms with Crippen LogP contribution < -0.4 is 20.9 Å². The second kappa shape index (κ2) is 20.6. The third-order valence-corrected chi connectivity index (χ3v) is 19.3. The Bertz CT molecular complexity index is 3570. The summed E-state index contributed by atoms with van der Waals surface area (Å²) in [5.74, 6) is 1.80. The van der Waals surface area contributed by atoms with Gasteiger partial charge in [-0.2, -0.15) is 10.2 Å². The number of ether oxygens (including phenoxy) is 4. The molecule has 6 aliphatic heterocycles. The van der Waals surface area contributed by atoms with Crippen molar-refractivity contribution in [1.29, 1.82) is 0 Å². The number of H-pyrrole nitrogens is 1. The molecule has 6 saturated heterocycles. The summed E-state index contributed by atoms with van der Waals surface area (Å²) in [5.41, 5.74) is 14.3. The Balaban J connectivity index is 0.000000160. The first-order chi connectivity index (χ1) is 38.0. The van der Waals surface area contributed by atoms with E-state index >= 15 is 0 Å². The molecule has 14 rings (SSSR count). The number of aromatic nitrogens is 10. The van der Waals surface area contributed by atoms with Crippen LogP contribution in [-0.4, -0.2) is 138 Å². The van der Waals surface area contributed by atoms with E-state index in [0.29, 0.717) is 74.0 Å². The van der Waals surface area contributed by atoms with E-state index in [4.69, 9.17) is 72.9 Å². The first-order valence-electron chi connectivity index (χ1n) is 28.1. The first kappa shape index (κ1) is 52.5. The molecular formula is C57H70Cl2N14O5Si. The van der Waals surface area contributed by atoms with Gasteiger partial charge in [0, 0.05) is 109 Å². The van der Waals surface area contributed by atoms with Gasteiger partial charge in [0.2, 0.25) is 0 Å². The summed E-state index contributed by atoms with van der Waals surface area (Å²) in [4.78, 5) is 40.8. The fourth-order valence-corrected chi connectivity index (χ4v) is 14.0. The van der Waals surface area contributed by atoms with Crippen molar-refractivity contribution in [2.75, 3.05) is 42.8 Å². The molecule has 4 bridgehead atoms. The van der Waals surface area contributed by atoms with Gasteiger partial charge in [0.1, 0.15) is 35.0 Å². The topological polar surface area (TPSA) is 206 Å². The molecule has 6 atom stereocenters. The van der Waals surface area contributed by atoms with E-state index in [1.54, 1.807) is 0 Å². The number of hydrogen-bond acceptors (Lipinski definition) is 14. The molecular weight excluding hydrogens is 1060 g/mol. The molecule has 416 valence electrons. The first-order valence-corrected chi connectivity index (χ1v) is 32.6. The molecule has 0 saturated carbocycles. The van der Waals surface area contributed by atoms with Crippen LogP contribution in [0.15, 0.2) is 61.4 Å². The average Bonchev–Trinajstić information content (AvgIpc) is 4.44. The third kappa shape index (κ3) is 10.2. The number of aromatic amines is 1. The third-order valence-electron chi connectivity index (χ3n) is 16.8. The van der Waals surface area contributed by atoms with E-state index in [2.05, 4.69) is 55.6 Å². The van der Waals surface area contributed by atoms with Crippen molar-refractivity contribution in [2.45, 2.75) is 158 Å². The van der Waals surface area contributed by atoms with E-state index in [1.807, 2.05) is 85.4 Å². The maximum Gasteiger partial charge on any atom is 0.407 e. The van der Waals surface area contributed by atoms with Gasteiger partial charge in [0.15, 0.2) is 11.3 Å². The number of halogens is 2. The Hall–Kier alpha value is -5.87. The Morgan fingerprint density at radius 2 is 1.28 bits per heavy atom. The summed E-state index contributed by atoms with van der Waals surface area (Å²) in [6, 6.07) is 11.6. The number of alkyl carbamates (subject to hydrolysis) is 1. The molecule has 2 unspecified atom stereocenters. The molecule has 6 aliphatic rings. The molecule has 22 heteroatoms. The molecule has 8 aromatic rings. The van der Waals surface area contributed by atoms with E-state index in [0.717, 1.165) is 123 Å².